The van der Waals surface area contributed by atoms with Crippen molar-refractivity contribution >= 4 is 34.6 Å². The van der Waals surface area contributed by atoms with Crippen molar-refractivity contribution in [1.82, 2.24) is 19.4 Å². The van der Waals surface area contributed by atoms with Crippen LogP contribution in [0.1, 0.15) is 52.5 Å². The van der Waals surface area contributed by atoms with E-state index in [1.165, 1.54) is 4.57 Å². The zero-order chi connectivity index (χ0) is 27.2. The van der Waals surface area contributed by atoms with Crippen LogP contribution < -0.4 is 15.9 Å². The first-order chi connectivity index (χ1) is 18.0. The Bertz CT molecular complexity index is 1290. The maximum atomic E-state index is 13.0. The lowest BCUT2D eigenvalue weighted by Gasteiger charge is -2.40. The molecule has 11 heteroatoms. The molecule has 0 saturated carbocycles. The molecule has 11 nitrogen and oxygen atoms in total. The molecule has 1 aromatic carbocycles. The largest absolute Gasteiger partial charge is 0.444 e. The van der Waals surface area contributed by atoms with Gasteiger partial charge < -0.3 is 19.3 Å². The van der Waals surface area contributed by atoms with Crippen molar-refractivity contribution in [2.45, 2.75) is 64.2 Å². The van der Waals surface area contributed by atoms with Gasteiger partial charge in [-0.15, -0.1) is 0 Å². The number of carbonyl (C=O) groups excluding carboxylic acids is 3. The van der Waals surface area contributed by atoms with E-state index in [4.69, 9.17) is 9.47 Å². The van der Waals surface area contributed by atoms with E-state index >= 15 is 0 Å². The fourth-order valence-electron chi connectivity index (χ4n) is 5.43. The van der Waals surface area contributed by atoms with Gasteiger partial charge in [-0.25, -0.2) is 9.59 Å². The predicted molar refractivity (Wildman–Crippen MR) is 141 cm³/mol. The van der Waals surface area contributed by atoms with Crippen LogP contribution in [0.25, 0.3) is 11.0 Å². The summed E-state index contributed by atoms with van der Waals surface area (Å²) >= 11 is 0. The average molecular weight is 528 g/mol. The maximum absolute atomic E-state index is 13.0. The van der Waals surface area contributed by atoms with Crippen molar-refractivity contribution in [3.8, 4) is 0 Å². The minimum absolute atomic E-state index is 0.0673. The summed E-state index contributed by atoms with van der Waals surface area (Å²) in [5, 5.41) is 2.35. The number of hydrogen-bond donors (Lipinski definition) is 1. The number of piperidine rings is 2. The second-order valence-corrected chi connectivity index (χ2v) is 11.6. The van der Waals surface area contributed by atoms with Crippen LogP contribution in [0.4, 0.5) is 10.5 Å². The zero-order valence-electron chi connectivity index (χ0n) is 22.6. The van der Waals surface area contributed by atoms with E-state index < -0.39 is 17.6 Å². The number of aromatic nitrogens is 2. The number of imide groups is 1. The van der Waals surface area contributed by atoms with Gasteiger partial charge >= 0.3 is 11.8 Å². The molecule has 2 aromatic rings. The number of anilines is 1. The molecular formula is C27H37N5O6. The summed E-state index contributed by atoms with van der Waals surface area (Å²) in [6.45, 7) is 9.19. The topological polar surface area (TPSA) is 115 Å². The fraction of sp³-hybridized carbons (Fsp3) is 0.630. The van der Waals surface area contributed by atoms with Gasteiger partial charge in [0.2, 0.25) is 11.8 Å². The molecule has 1 aromatic heterocycles. The standard InChI is InChI=1S/C27H37N5O6/c1-27(2,3)38-26(36)31-14-19(15-31)37-16-17-9-11-30(12-10-17)18-5-6-20-22(13-18)29(4)25(35)32(20)21-7-8-23(33)28-24(21)34/h5-6,13,17,19,21H,7-12,14-16H2,1-4H3,(H,28,33,34). The highest BCUT2D eigenvalue weighted by molar-refractivity contribution is 6.00. The van der Waals surface area contributed by atoms with Crippen LogP contribution in [-0.4, -0.2) is 76.4 Å². The second-order valence-electron chi connectivity index (χ2n) is 11.6. The summed E-state index contributed by atoms with van der Waals surface area (Å²) in [5.74, 6) is -0.265. The summed E-state index contributed by atoms with van der Waals surface area (Å²) in [7, 11) is 1.71. The van der Waals surface area contributed by atoms with Gasteiger partial charge in [-0.3, -0.25) is 24.0 Å². The van der Waals surface area contributed by atoms with Crippen LogP contribution in [-0.2, 0) is 26.1 Å². The Labute approximate surface area is 221 Å². The van der Waals surface area contributed by atoms with Crippen LogP contribution in [0.15, 0.2) is 23.0 Å². The first-order valence-electron chi connectivity index (χ1n) is 13.4. The van der Waals surface area contributed by atoms with Crippen molar-refractivity contribution in [3.63, 3.8) is 0 Å². The summed E-state index contributed by atoms with van der Waals surface area (Å²) in [5.41, 5.74) is 1.75. The van der Waals surface area contributed by atoms with Gasteiger partial charge in [0.1, 0.15) is 11.6 Å². The molecule has 3 saturated heterocycles. The molecule has 206 valence electrons. The summed E-state index contributed by atoms with van der Waals surface area (Å²) in [6, 6.07) is 5.23. The third-order valence-electron chi connectivity index (χ3n) is 7.64. The van der Waals surface area contributed by atoms with Gasteiger partial charge in [0, 0.05) is 32.2 Å². The van der Waals surface area contributed by atoms with Gasteiger partial charge in [0.25, 0.3) is 0 Å². The Morgan fingerprint density at radius 3 is 2.42 bits per heavy atom. The Morgan fingerprint density at radius 1 is 1.05 bits per heavy atom. The molecule has 3 amide bonds. The van der Waals surface area contributed by atoms with Gasteiger partial charge in [-0.2, -0.15) is 0 Å². The zero-order valence-corrected chi connectivity index (χ0v) is 22.6. The Kier molecular flexibility index (Phi) is 6.97. The van der Waals surface area contributed by atoms with E-state index in [-0.39, 0.29) is 30.2 Å². The molecule has 1 N–H and O–H groups in total. The number of hydrogen-bond acceptors (Lipinski definition) is 7. The highest BCUT2D eigenvalue weighted by Gasteiger charge is 2.35. The first-order valence-corrected chi connectivity index (χ1v) is 13.4. The number of aryl methyl sites for hydroxylation is 1. The molecule has 0 radical (unpaired) electrons. The van der Waals surface area contributed by atoms with E-state index in [0.29, 0.717) is 37.6 Å². The molecule has 0 aliphatic carbocycles. The van der Waals surface area contributed by atoms with Crippen LogP contribution in [0.2, 0.25) is 0 Å². The van der Waals surface area contributed by atoms with Crippen LogP contribution in [0.3, 0.4) is 0 Å². The monoisotopic (exact) mass is 527 g/mol. The van der Waals surface area contributed by atoms with Crippen molar-refractivity contribution < 1.29 is 23.9 Å². The molecule has 0 bridgehead atoms. The third-order valence-corrected chi connectivity index (χ3v) is 7.64. The van der Waals surface area contributed by atoms with E-state index in [1.807, 2.05) is 39.0 Å². The molecule has 5 rings (SSSR count). The number of fused-ring (bicyclic) bond motifs is 1. The third kappa shape index (κ3) is 5.29. The van der Waals surface area contributed by atoms with Gasteiger partial charge in [0.05, 0.1) is 36.8 Å². The Balaban J connectivity index is 1.15. The van der Waals surface area contributed by atoms with E-state index in [2.05, 4.69) is 10.2 Å². The van der Waals surface area contributed by atoms with Crippen molar-refractivity contribution in [1.29, 1.82) is 0 Å². The molecule has 4 heterocycles. The van der Waals surface area contributed by atoms with Crippen LogP contribution in [0, 0.1) is 5.92 Å². The minimum atomic E-state index is -0.683. The number of nitrogens with zero attached hydrogens (tertiary/aromatic N) is 4. The van der Waals surface area contributed by atoms with E-state index in [9.17, 15) is 19.2 Å². The van der Waals surface area contributed by atoms with E-state index in [1.54, 1.807) is 16.5 Å². The maximum Gasteiger partial charge on any atom is 0.410 e. The van der Waals surface area contributed by atoms with E-state index in [0.717, 1.165) is 37.1 Å². The lowest BCUT2D eigenvalue weighted by Crippen LogP contribution is -2.56. The van der Waals surface area contributed by atoms with Crippen LogP contribution in [0.5, 0.6) is 0 Å². The second kappa shape index (κ2) is 10.1. The smallest absolute Gasteiger partial charge is 0.410 e. The number of imidazole rings is 1. The Hall–Kier alpha value is -3.34. The lowest BCUT2D eigenvalue weighted by atomic mass is 9.97. The number of likely N-dealkylation sites (tertiary alicyclic amines) is 1. The SMILES string of the molecule is Cn1c(=O)n(C2CCC(=O)NC2=O)c2ccc(N3CCC(COC4CN(C(=O)OC(C)(C)C)C4)CC3)cc21. The first kappa shape index (κ1) is 26.3. The molecule has 3 aliphatic rings. The molecular weight excluding hydrogens is 490 g/mol. The number of amides is 3. The molecule has 3 aliphatic heterocycles. The number of rotatable bonds is 5. The molecule has 38 heavy (non-hydrogen) atoms. The number of nitrogens with one attached hydrogen (secondary N) is 1. The van der Waals surface area contributed by atoms with Gasteiger partial charge in [-0.05, 0) is 64.2 Å². The minimum Gasteiger partial charge on any atom is -0.444 e. The lowest BCUT2D eigenvalue weighted by molar-refractivity contribution is -0.135. The fourth-order valence-corrected chi connectivity index (χ4v) is 5.43. The summed E-state index contributed by atoms with van der Waals surface area (Å²) in [4.78, 5) is 53.1. The number of benzene rings is 1. The van der Waals surface area contributed by atoms with Gasteiger partial charge in [0.15, 0.2) is 0 Å². The average Bonchev–Trinajstić information content (AvgIpc) is 3.07. The predicted octanol–water partition coefficient (Wildman–Crippen LogP) is 2.17. The van der Waals surface area contributed by atoms with Gasteiger partial charge in [-0.1, -0.05) is 0 Å². The normalized spacial score (nSPS) is 21.5. The Morgan fingerprint density at radius 2 is 1.76 bits per heavy atom. The highest BCUT2D eigenvalue weighted by atomic mass is 16.6. The molecule has 3 fully saturated rings. The molecule has 0 spiro atoms. The summed E-state index contributed by atoms with van der Waals surface area (Å²) in [6.07, 6.45) is 2.32. The summed E-state index contributed by atoms with van der Waals surface area (Å²) < 4.78 is 14.5. The van der Waals surface area contributed by atoms with Crippen molar-refractivity contribution in [2.75, 3.05) is 37.7 Å². The van der Waals surface area contributed by atoms with Crippen molar-refractivity contribution in [2.24, 2.45) is 13.0 Å². The highest BCUT2D eigenvalue weighted by Crippen LogP contribution is 2.29. The number of ether oxygens (including phenoxy) is 2. The van der Waals surface area contributed by atoms with Crippen LogP contribution >= 0.6 is 0 Å². The molecule has 1 atom stereocenters. The quantitative estimate of drug-likeness (QED) is 0.593. The number of carbonyl (C=O) groups is 3. The van der Waals surface area contributed by atoms with Crippen molar-refractivity contribution in [3.05, 3.63) is 28.7 Å². The molecule has 1 unspecified atom stereocenters.